The first-order chi connectivity index (χ1) is 11.3. The molecule has 0 amide bonds. The van der Waals surface area contributed by atoms with Crippen molar-refractivity contribution in [3.63, 3.8) is 0 Å². The van der Waals surface area contributed by atoms with Crippen LogP contribution in [0.3, 0.4) is 0 Å². The topological polar surface area (TPSA) is 20.2 Å². The van der Waals surface area contributed by atoms with E-state index in [0.29, 0.717) is 0 Å². The fourth-order valence-corrected chi connectivity index (χ4v) is 1.87. The minimum absolute atomic E-state index is 0.164. The lowest BCUT2D eigenvalue weighted by atomic mass is 10.2. The Morgan fingerprint density at radius 2 is 1.22 bits per heavy atom. The summed E-state index contributed by atoms with van der Waals surface area (Å²) in [5.74, 6) is 0. The Balaban J connectivity index is 3.60. The third kappa shape index (κ3) is 16.6. The van der Waals surface area contributed by atoms with Crippen molar-refractivity contribution in [2.75, 3.05) is 6.61 Å². The van der Waals surface area contributed by atoms with Crippen molar-refractivity contribution in [1.82, 2.24) is 0 Å². The number of hydrogen-bond donors (Lipinski definition) is 1. The maximum atomic E-state index is 9.02. The highest BCUT2D eigenvalue weighted by Gasteiger charge is 1.86. The van der Waals surface area contributed by atoms with Crippen LogP contribution in [0.5, 0.6) is 0 Å². The van der Waals surface area contributed by atoms with E-state index >= 15 is 0 Å². The van der Waals surface area contributed by atoms with E-state index in [0.717, 1.165) is 50.5 Å². The molecule has 0 aliphatic rings. The Morgan fingerprint density at radius 3 is 1.74 bits per heavy atom. The van der Waals surface area contributed by atoms with E-state index in [2.05, 4.69) is 68.5 Å². The molecule has 0 saturated heterocycles. The van der Waals surface area contributed by atoms with Crippen molar-refractivity contribution in [3.05, 3.63) is 72.4 Å². The molecule has 1 N–H and O–H groups in total. The minimum atomic E-state index is 0.164. The molecule has 128 valence electrons. The van der Waals surface area contributed by atoms with Crippen LogP contribution >= 0.6 is 0 Å². The van der Waals surface area contributed by atoms with Gasteiger partial charge < -0.3 is 5.11 Å². The second-order valence-corrected chi connectivity index (χ2v) is 5.34. The Morgan fingerprint density at radius 1 is 0.696 bits per heavy atom. The Labute approximate surface area is 143 Å². The number of rotatable bonds is 13. The van der Waals surface area contributed by atoms with Gasteiger partial charge in [0.2, 0.25) is 0 Å². The van der Waals surface area contributed by atoms with E-state index in [1.165, 1.54) is 0 Å². The summed E-state index contributed by atoms with van der Waals surface area (Å²) in [7, 11) is 0. The zero-order chi connectivity index (χ0) is 17.0. The number of hydrogen-bond acceptors (Lipinski definition) is 1. The molecule has 0 aromatic heterocycles. The summed E-state index contributed by atoms with van der Waals surface area (Å²) >= 11 is 0. The molecule has 0 rings (SSSR count). The molecule has 0 aromatic rings. The molecular formula is C22H34O. The molecule has 0 aromatic carbocycles. The second-order valence-electron chi connectivity index (χ2n) is 5.34. The molecule has 0 aliphatic heterocycles. The normalized spacial score (nSPS) is 13.8. The Kier molecular flexibility index (Phi) is 17.2. The van der Waals surface area contributed by atoms with Gasteiger partial charge in [0.1, 0.15) is 0 Å². The van der Waals surface area contributed by atoms with Gasteiger partial charge in [0.25, 0.3) is 0 Å². The third-order valence-electron chi connectivity index (χ3n) is 3.34. The summed E-state index contributed by atoms with van der Waals surface area (Å²) in [5.41, 5.74) is 1.08. The summed E-state index contributed by atoms with van der Waals surface area (Å²) in [6, 6.07) is 0. The van der Waals surface area contributed by atoms with Crippen LogP contribution in [0, 0.1) is 0 Å². The molecule has 0 aliphatic carbocycles. The van der Waals surface area contributed by atoms with E-state index in [1.807, 2.05) is 12.2 Å². The van der Waals surface area contributed by atoms with Gasteiger partial charge in [-0.25, -0.2) is 0 Å². The lowest BCUT2D eigenvalue weighted by Gasteiger charge is -1.94. The summed E-state index contributed by atoms with van der Waals surface area (Å²) < 4.78 is 0. The molecule has 0 heterocycles. The molecule has 1 heteroatoms. The van der Waals surface area contributed by atoms with Crippen molar-refractivity contribution in [2.24, 2.45) is 0 Å². The maximum Gasteiger partial charge on any atom is 0.0644 e. The van der Waals surface area contributed by atoms with Crippen LogP contribution in [0.4, 0.5) is 0 Å². The van der Waals surface area contributed by atoms with Gasteiger partial charge >= 0.3 is 0 Å². The van der Waals surface area contributed by atoms with E-state index in [1.54, 1.807) is 0 Å². The molecule has 0 saturated carbocycles. The van der Waals surface area contributed by atoms with Crippen LogP contribution in [-0.2, 0) is 0 Å². The molecular weight excluding hydrogens is 280 g/mol. The van der Waals surface area contributed by atoms with Gasteiger partial charge in [0.05, 0.1) is 6.61 Å². The van der Waals surface area contributed by atoms with E-state index in [4.69, 9.17) is 5.11 Å². The van der Waals surface area contributed by atoms with Crippen molar-refractivity contribution >= 4 is 0 Å². The molecule has 0 fully saturated rings. The van der Waals surface area contributed by atoms with Crippen molar-refractivity contribution in [2.45, 2.75) is 58.8 Å². The smallest absolute Gasteiger partial charge is 0.0644 e. The summed E-state index contributed by atoms with van der Waals surface area (Å²) in [6.45, 7) is 4.38. The fourth-order valence-electron chi connectivity index (χ4n) is 1.87. The lowest BCUT2D eigenvalue weighted by Crippen LogP contribution is -1.86. The highest BCUT2D eigenvalue weighted by molar-refractivity contribution is 5.12. The SMILES string of the molecule is CCC=CCC=CCC=CCC=CCCC=CC=C(CC)CO. The molecule has 0 unspecified atom stereocenters. The van der Waals surface area contributed by atoms with Crippen LogP contribution in [0.1, 0.15) is 58.8 Å². The monoisotopic (exact) mass is 314 g/mol. The molecule has 0 spiro atoms. The van der Waals surface area contributed by atoms with Crippen molar-refractivity contribution in [3.8, 4) is 0 Å². The number of aliphatic hydroxyl groups excluding tert-OH is 1. The average Bonchev–Trinajstić information content (AvgIpc) is 2.58. The standard InChI is InChI=1S/C22H34O/c1-3-5-6-7-8-9-10-11-12-13-14-15-16-17-18-19-20-22(4-2)21-23/h5-6,8-9,11-12,14-15,18-20,23H,3-4,7,10,13,16-17,21H2,1-2H3. The van der Waals surface area contributed by atoms with Crippen LogP contribution < -0.4 is 0 Å². The van der Waals surface area contributed by atoms with Crippen molar-refractivity contribution < 1.29 is 5.11 Å². The predicted molar refractivity (Wildman–Crippen MR) is 105 cm³/mol. The van der Waals surface area contributed by atoms with Crippen LogP contribution in [0.15, 0.2) is 72.4 Å². The number of aliphatic hydroxyl groups is 1. The Hall–Kier alpha value is -1.60. The zero-order valence-corrected chi connectivity index (χ0v) is 15.0. The summed E-state index contributed by atoms with van der Waals surface area (Å²) in [6.07, 6.45) is 31.2. The largest absolute Gasteiger partial charge is 0.392 e. The van der Waals surface area contributed by atoms with Gasteiger partial charge in [-0.2, -0.15) is 0 Å². The van der Waals surface area contributed by atoms with E-state index in [-0.39, 0.29) is 6.61 Å². The van der Waals surface area contributed by atoms with Crippen LogP contribution in [0.25, 0.3) is 0 Å². The maximum absolute atomic E-state index is 9.02. The average molecular weight is 315 g/mol. The van der Waals surface area contributed by atoms with Gasteiger partial charge in [-0.3, -0.25) is 0 Å². The summed E-state index contributed by atoms with van der Waals surface area (Å²) in [4.78, 5) is 0. The number of unbranched alkanes of at least 4 members (excludes halogenated alkanes) is 1. The molecule has 0 atom stereocenters. The van der Waals surface area contributed by atoms with E-state index < -0.39 is 0 Å². The van der Waals surface area contributed by atoms with Gasteiger partial charge in [-0.1, -0.05) is 80.7 Å². The van der Waals surface area contributed by atoms with Crippen LogP contribution in [0.2, 0.25) is 0 Å². The second kappa shape index (κ2) is 18.4. The van der Waals surface area contributed by atoms with Gasteiger partial charge in [0.15, 0.2) is 0 Å². The van der Waals surface area contributed by atoms with Crippen molar-refractivity contribution in [1.29, 1.82) is 0 Å². The highest BCUT2D eigenvalue weighted by Crippen LogP contribution is 2.01. The van der Waals surface area contributed by atoms with E-state index in [9.17, 15) is 0 Å². The molecule has 0 radical (unpaired) electrons. The lowest BCUT2D eigenvalue weighted by molar-refractivity contribution is 0.327. The van der Waals surface area contributed by atoms with Gasteiger partial charge in [-0.05, 0) is 50.5 Å². The zero-order valence-electron chi connectivity index (χ0n) is 15.0. The first-order valence-corrected chi connectivity index (χ1v) is 8.90. The van der Waals surface area contributed by atoms with Crippen LogP contribution in [-0.4, -0.2) is 11.7 Å². The fraction of sp³-hybridized carbons (Fsp3) is 0.455. The summed E-state index contributed by atoms with van der Waals surface area (Å²) in [5, 5.41) is 9.02. The number of allylic oxidation sites excluding steroid dienone is 11. The molecule has 1 nitrogen and oxygen atoms in total. The quantitative estimate of drug-likeness (QED) is 0.235. The van der Waals surface area contributed by atoms with Gasteiger partial charge in [-0.15, -0.1) is 0 Å². The third-order valence-corrected chi connectivity index (χ3v) is 3.34. The molecule has 0 bridgehead atoms. The first kappa shape index (κ1) is 21.4. The first-order valence-electron chi connectivity index (χ1n) is 8.90. The molecule has 23 heavy (non-hydrogen) atoms. The predicted octanol–water partition coefficient (Wildman–Crippen LogP) is 6.46. The van der Waals surface area contributed by atoms with Gasteiger partial charge in [0, 0.05) is 0 Å². The highest BCUT2D eigenvalue weighted by atomic mass is 16.3. The Bertz CT molecular complexity index is 413. The minimum Gasteiger partial charge on any atom is -0.392 e.